The molecule has 2 aromatic rings. The molecule has 0 aliphatic heterocycles. The summed E-state index contributed by atoms with van der Waals surface area (Å²) in [5.74, 6) is 0. The van der Waals surface area contributed by atoms with Crippen LogP contribution < -0.4 is 0 Å². The Hall–Kier alpha value is -1.99. The van der Waals surface area contributed by atoms with Gasteiger partial charge in [-0.25, -0.2) is 9.79 Å². The first-order chi connectivity index (χ1) is 7.31. The third-order valence-corrected chi connectivity index (χ3v) is 2.35. The van der Waals surface area contributed by atoms with Crippen LogP contribution in [-0.4, -0.2) is 11.1 Å². The lowest BCUT2D eigenvalue weighted by atomic mass is 10.1. The van der Waals surface area contributed by atoms with Gasteiger partial charge in [-0.05, 0) is 30.0 Å². The first-order valence-electron chi connectivity index (χ1n) is 4.69. The summed E-state index contributed by atoms with van der Waals surface area (Å²) in [5.41, 5.74) is 2.02. The molecule has 2 rings (SSSR count). The Kier molecular flexibility index (Phi) is 2.57. The van der Waals surface area contributed by atoms with Crippen molar-refractivity contribution in [3.05, 3.63) is 41.7 Å². The standard InChI is InChI=1S/C12H10N2O/c1-9-12-3-2-10(7-13-8-15)6-11(12)4-5-14-9/h2-6H,7H2,1H3. The molecule has 0 unspecified atom stereocenters. The van der Waals surface area contributed by atoms with E-state index in [0.717, 1.165) is 22.0 Å². The van der Waals surface area contributed by atoms with Crippen LogP contribution in [0, 0.1) is 6.92 Å². The maximum Gasteiger partial charge on any atom is 0.235 e. The van der Waals surface area contributed by atoms with Crippen LogP contribution in [0.15, 0.2) is 35.5 Å². The predicted molar refractivity (Wildman–Crippen MR) is 58.3 cm³/mol. The first kappa shape index (κ1) is 9.56. The van der Waals surface area contributed by atoms with Crippen LogP contribution in [0.25, 0.3) is 10.8 Å². The van der Waals surface area contributed by atoms with Crippen LogP contribution in [0.5, 0.6) is 0 Å². The van der Waals surface area contributed by atoms with Crippen molar-refractivity contribution in [1.82, 2.24) is 4.98 Å². The molecule has 0 amide bonds. The van der Waals surface area contributed by atoms with Gasteiger partial charge < -0.3 is 0 Å². The average molecular weight is 198 g/mol. The van der Waals surface area contributed by atoms with E-state index in [1.807, 2.05) is 31.2 Å². The number of aliphatic imine (C=N–C) groups is 1. The van der Waals surface area contributed by atoms with Crippen LogP contribution in [-0.2, 0) is 11.3 Å². The highest BCUT2D eigenvalue weighted by atomic mass is 16.1. The van der Waals surface area contributed by atoms with Gasteiger partial charge in [0, 0.05) is 17.3 Å². The molecule has 0 N–H and O–H groups in total. The van der Waals surface area contributed by atoms with Gasteiger partial charge in [0.05, 0.1) is 6.54 Å². The summed E-state index contributed by atoms with van der Waals surface area (Å²) in [4.78, 5) is 17.8. The zero-order valence-electron chi connectivity index (χ0n) is 8.40. The van der Waals surface area contributed by atoms with Crippen molar-refractivity contribution in [3.63, 3.8) is 0 Å². The molecular formula is C12H10N2O. The zero-order chi connectivity index (χ0) is 10.7. The predicted octanol–water partition coefficient (Wildman–Crippen LogP) is 2.38. The Balaban J connectivity index is 2.52. The molecule has 0 fully saturated rings. The smallest absolute Gasteiger partial charge is 0.235 e. The second-order valence-corrected chi connectivity index (χ2v) is 3.36. The molecule has 0 spiro atoms. The molecule has 3 heteroatoms. The number of fused-ring (bicyclic) bond motifs is 1. The molecule has 0 saturated carbocycles. The number of pyridine rings is 1. The number of hydrogen-bond acceptors (Lipinski definition) is 3. The summed E-state index contributed by atoms with van der Waals surface area (Å²) in [6.45, 7) is 2.37. The number of nitrogens with zero attached hydrogens (tertiary/aromatic N) is 2. The average Bonchev–Trinajstić information content (AvgIpc) is 2.26. The van der Waals surface area contributed by atoms with Gasteiger partial charge in [-0.3, -0.25) is 4.98 Å². The van der Waals surface area contributed by atoms with E-state index >= 15 is 0 Å². The molecule has 0 atom stereocenters. The number of rotatable bonds is 2. The molecule has 0 bridgehead atoms. The lowest BCUT2D eigenvalue weighted by molar-refractivity contribution is 0.563. The van der Waals surface area contributed by atoms with Gasteiger partial charge in [0.2, 0.25) is 6.08 Å². The topological polar surface area (TPSA) is 42.3 Å². The minimum atomic E-state index is 0.390. The largest absolute Gasteiger partial charge is 0.261 e. The molecule has 1 heterocycles. The Morgan fingerprint density at radius 3 is 3.07 bits per heavy atom. The van der Waals surface area contributed by atoms with Crippen LogP contribution in [0.1, 0.15) is 11.3 Å². The van der Waals surface area contributed by atoms with Gasteiger partial charge in [-0.15, -0.1) is 0 Å². The number of carbonyl (C=O) groups excluding carboxylic acids is 1. The molecule has 1 aromatic carbocycles. The number of aryl methyl sites for hydroxylation is 1. The van der Waals surface area contributed by atoms with Gasteiger partial charge in [-0.2, -0.15) is 0 Å². The summed E-state index contributed by atoms with van der Waals surface area (Å²) in [5, 5.41) is 2.26. The summed E-state index contributed by atoms with van der Waals surface area (Å²) in [6.07, 6.45) is 3.32. The van der Waals surface area contributed by atoms with Crippen LogP contribution in [0.3, 0.4) is 0 Å². The Bertz CT molecular complexity index is 542. The number of aromatic nitrogens is 1. The van der Waals surface area contributed by atoms with Crippen LogP contribution in [0.4, 0.5) is 0 Å². The highest BCUT2D eigenvalue weighted by molar-refractivity contribution is 5.84. The van der Waals surface area contributed by atoms with Gasteiger partial charge in [0.15, 0.2) is 0 Å². The molecule has 0 radical (unpaired) electrons. The van der Waals surface area contributed by atoms with E-state index in [2.05, 4.69) is 9.98 Å². The quantitative estimate of drug-likeness (QED) is 0.549. The number of hydrogen-bond donors (Lipinski definition) is 0. The van der Waals surface area contributed by atoms with Crippen molar-refractivity contribution in [2.45, 2.75) is 13.5 Å². The van der Waals surface area contributed by atoms with E-state index in [1.165, 1.54) is 6.08 Å². The van der Waals surface area contributed by atoms with Gasteiger partial charge in [-0.1, -0.05) is 12.1 Å². The number of benzene rings is 1. The van der Waals surface area contributed by atoms with Crippen molar-refractivity contribution in [2.24, 2.45) is 4.99 Å². The molecule has 3 nitrogen and oxygen atoms in total. The SMILES string of the molecule is Cc1nccc2cc(CN=C=O)ccc12. The maximum absolute atomic E-state index is 9.99. The minimum Gasteiger partial charge on any atom is -0.261 e. The molecule has 0 saturated heterocycles. The molecule has 0 aliphatic rings. The second kappa shape index (κ2) is 4.03. The van der Waals surface area contributed by atoms with Gasteiger partial charge in [0.1, 0.15) is 0 Å². The lowest BCUT2D eigenvalue weighted by Gasteiger charge is -2.02. The fourth-order valence-corrected chi connectivity index (χ4v) is 1.60. The van der Waals surface area contributed by atoms with Crippen molar-refractivity contribution in [1.29, 1.82) is 0 Å². The summed E-state index contributed by atoms with van der Waals surface area (Å²) >= 11 is 0. The van der Waals surface area contributed by atoms with Gasteiger partial charge in [0.25, 0.3) is 0 Å². The van der Waals surface area contributed by atoms with Crippen molar-refractivity contribution in [2.75, 3.05) is 0 Å². The maximum atomic E-state index is 9.99. The van der Waals surface area contributed by atoms with E-state index in [0.29, 0.717) is 6.54 Å². The van der Waals surface area contributed by atoms with Crippen molar-refractivity contribution < 1.29 is 4.79 Å². The Labute approximate surface area is 87.5 Å². The summed E-state index contributed by atoms with van der Waals surface area (Å²) in [6, 6.07) is 7.94. The van der Waals surface area contributed by atoms with Crippen molar-refractivity contribution >= 4 is 16.9 Å². The molecular weight excluding hydrogens is 188 g/mol. The van der Waals surface area contributed by atoms with E-state index in [-0.39, 0.29) is 0 Å². The third-order valence-electron chi connectivity index (χ3n) is 2.35. The monoisotopic (exact) mass is 198 g/mol. The van der Waals surface area contributed by atoms with Crippen LogP contribution >= 0.6 is 0 Å². The third kappa shape index (κ3) is 1.92. The Morgan fingerprint density at radius 1 is 1.40 bits per heavy atom. The first-order valence-corrected chi connectivity index (χ1v) is 4.69. The van der Waals surface area contributed by atoms with E-state index < -0.39 is 0 Å². The molecule has 1 aromatic heterocycles. The number of isocyanates is 1. The highest BCUT2D eigenvalue weighted by Crippen LogP contribution is 2.18. The summed E-state index contributed by atoms with van der Waals surface area (Å²) in [7, 11) is 0. The van der Waals surface area contributed by atoms with Crippen LogP contribution in [0.2, 0.25) is 0 Å². The van der Waals surface area contributed by atoms with E-state index in [9.17, 15) is 4.79 Å². The fourth-order valence-electron chi connectivity index (χ4n) is 1.60. The van der Waals surface area contributed by atoms with E-state index in [1.54, 1.807) is 6.20 Å². The van der Waals surface area contributed by atoms with E-state index in [4.69, 9.17) is 0 Å². The highest BCUT2D eigenvalue weighted by Gasteiger charge is 1.98. The molecule has 74 valence electrons. The second-order valence-electron chi connectivity index (χ2n) is 3.36. The normalized spacial score (nSPS) is 9.93. The van der Waals surface area contributed by atoms with Gasteiger partial charge >= 0.3 is 0 Å². The summed E-state index contributed by atoms with van der Waals surface area (Å²) < 4.78 is 0. The molecule has 15 heavy (non-hydrogen) atoms. The fraction of sp³-hybridized carbons (Fsp3) is 0.167. The minimum absolute atomic E-state index is 0.390. The Morgan fingerprint density at radius 2 is 2.27 bits per heavy atom. The molecule has 0 aliphatic carbocycles. The van der Waals surface area contributed by atoms with Crippen molar-refractivity contribution in [3.8, 4) is 0 Å². The zero-order valence-corrected chi connectivity index (χ0v) is 8.40. The lowest BCUT2D eigenvalue weighted by Crippen LogP contribution is -1.86.